The second kappa shape index (κ2) is 11.1. The predicted molar refractivity (Wildman–Crippen MR) is 139 cm³/mol. The van der Waals surface area contributed by atoms with Crippen molar-refractivity contribution >= 4 is 40.0 Å². The normalized spacial score (nSPS) is 11.8. The molecule has 174 valence electrons. The Balaban J connectivity index is 1.48. The zero-order chi connectivity index (χ0) is 23.9. The Hall–Kier alpha value is -3.43. The van der Waals surface area contributed by atoms with Gasteiger partial charge in [-0.2, -0.15) is 4.98 Å². The molecule has 4 aromatic rings. The van der Waals surface area contributed by atoms with E-state index in [1.165, 1.54) is 29.2 Å². The van der Waals surface area contributed by atoms with Gasteiger partial charge in [0.1, 0.15) is 5.82 Å². The fourth-order valence-corrected chi connectivity index (χ4v) is 5.19. The van der Waals surface area contributed by atoms with Gasteiger partial charge in [0.25, 0.3) is 5.56 Å². The first kappa shape index (κ1) is 23.7. The lowest BCUT2D eigenvalue weighted by Crippen LogP contribution is -2.27. The summed E-state index contributed by atoms with van der Waals surface area (Å²) in [6.07, 6.45) is 1.28. The summed E-state index contributed by atoms with van der Waals surface area (Å²) in [5.41, 5.74) is 8.70. The third-order valence-corrected chi connectivity index (χ3v) is 7.31. The lowest BCUT2D eigenvalue weighted by Gasteiger charge is -2.18. The summed E-state index contributed by atoms with van der Waals surface area (Å²) >= 11 is 2.62. The van der Waals surface area contributed by atoms with Gasteiger partial charge in [-0.05, 0) is 18.4 Å². The van der Waals surface area contributed by atoms with E-state index in [1.54, 1.807) is 4.57 Å². The van der Waals surface area contributed by atoms with Gasteiger partial charge in [-0.15, -0.1) is 11.3 Å². The quantitative estimate of drug-likeness (QED) is 0.260. The van der Waals surface area contributed by atoms with Gasteiger partial charge in [-0.1, -0.05) is 79.3 Å². The Morgan fingerprint density at radius 3 is 2.53 bits per heavy atom. The molecule has 2 aromatic carbocycles. The first-order chi connectivity index (χ1) is 16.5. The maximum atomic E-state index is 13.0. The molecule has 0 saturated carbocycles. The number of thiazole rings is 1. The van der Waals surface area contributed by atoms with Crippen molar-refractivity contribution in [2.75, 3.05) is 11.1 Å². The van der Waals surface area contributed by atoms with Crippen LogP contribution < -0.4 is 16.6 Å². The number of aromatic nitrogens is 3. The number of anilines is 2. The fourth-order valence-electron chi connectivity index (χ4n) is 3.41. The summed E-state index contributed by atoms with van der Waals surface area (Å²) < 4.78 is 1.80. The van der Waals surface area contributed by atoms with E-state index < -0.39 is 10.8 Å². The van der Waals surface area contributed by atoms with Crippen LogP contribution in [0.2, 0.25) is 0 Å². The number of amides is 1. The van der Waals surface area contributed by atoms with E-state index >= 15 is 0 Å². The molecule has 34 heavy (non-hydrogen) atoms. The molecule has 1 amide bonds. The number of nitrogens with zero attached hydrogens (tertiary/aromatic N) is 3. The summed E-state index contributed by atoms with van der Waals surface area (Å²) in [4.78, 5) is 33.8. The lowest BCUT2D eigenvalue weighted by atomic mass is 10.1. The van der Waals surface area contributed by atoms with Gasteiger partial charge in [0.15, 0.2) is 10.3 Å². The Bertz CT molecular complexity index is 1310. The minimum atomic E-state index is -0.458. The van der Waals surface area contributed by atoms with E-state index in [1.807, 2.05) is 73.0 Å². The molecular formula is C25H25N5O2S2. The van der Waals surface area contributed by atoms with Crippen molar-refractivity contribution in [1.29, 1.82) is 0 Å². The molecule has 0 bridgehead atoms. The van der Waals surface area contributed by atoms with Crippen LogP contribution in [0.5, 0.6) is 0 Å². The molecule has 4 rings (SSSR count). The van der Waals surface area contributed by atoms with Crippen molar-refractivity contribution in [3.63, 3.8) is 0 Å². The van der Waals surface area contributed by atoms with E-state index in [-0.39, 0.29) is 5.91 Å². The van der Waals surface area contributed by atoms with E-state index in [0.717, 1.165) is 23.2 Å². The first-order valence-corrected chi connectivity index (χ1v) is 12.7. The summed E-state index contributed by atoms with van der Waals surface area (Å²) in [5, 5.41) is 5.34. The minimum Gasteiger partial charge on any atom is -0.385 e. The molecule has 0 unspecified atom stereocenters. The van der Waals surface area contributed by atoms with Crippen LogP contribution in [0, 0.1) is 0 Å². The van der Waals surface area contributed by atoms with Crippen LogP contribution >= 0.6 is 23.1 Å². The number of hydrogen-bond donors (Lipinski definition) is 2. The van der Waals surface area contributed by atoms with Crippen LogP contribution in [0.25, 0.3) is 11.3 Å². The van der Waals surface area contributed by atoms with Crippen LogP contribution in [0.15, 0.2) is 82.1 Å². The Kier molecular flexibility index (Phi) is 7.76. The molecule has 0 aliphatic rings. The van der Waals surface area contributed by atoms with E-state index in [0.29, 0.717) is 29.1 Å². The summed E-state index contributed by atoms with van der Waals surface area (Å²) in [6, 6.07) is 21.1. The van der Waals surface area contributed by atoms with Gasteiger partial charge in [0, 0.05) is 23.6 Å². The van der Waals surface area contributed by atoms with Gasteiger partial charge in [0.05, 0.1) is 10.9 Å². The fraction of sp³-hybridized carbons (Fsp3) is 0.200. The molecular weight excluding hydrogens is 466 g/mol. The number of carbonyl (C=O) groups is 1. The molecule has 2 heterocycles. The molecule has 0 spiro atoms. The number of nitrogen functional groups attached to an aromatic ring is 1. The standard InChI is InChI=1S/C25H25N5O2S2/c1-2-20(23(32)29-24-27-19(16-33-24)18-11-7-4-8-12-18)34-25-28-22(31)15-21(26)30(25)14-13-17-9-5-3-6-10-17/h3-12,15-16,20H,2,13-14,26H2,1H3,(H,27,29,32)/t20-/m0/s1. The van der Waals surface area contributed by atoms with Gasteiger partial charge in [-0.3, -0.25) is 9.59 Å². The molecule has 9 heteroatoms. The molecule has 1 atom stereocenters. The largest absolute Gasteiger partial charge is 0.385 e. The monoisotopic (exact) mass is 491 g/mol. The highest BCUT2D eigenvalue weighted by molar-refractivity contribution is 8.00. The predicted octanol–water partition coefficient (Wildman–Crippen LogP) is 4.70. The van der Waals surface area contributed by atoms with Gasteiger partial charge < -0.3 is 15.6 Å². The molecule has 0 fully saturated rings. The highest BCUT2D eigenvalue weighted by Crippen LogP contribution is 2.28. The zero-order valence-corrected chi connectivity index (χ0v) is 20.3. The molecule has 2 aromatic heterocycles. The third-order valence-electron chi connectivity index (χ3n) is 5.20. The number of nitrogens with one attached hydrogen (secondary N) is 1. The van der Waals surface area contributed by atoms with Crippen LogP contribution in [0.1, 0.15) is 18.9 Å². The molecule has 0 aliphatic heterocycles. The van der Waals surface area contributed by atoms with E-state index in [9.17, 15) is 9.59 Å². The molecule has 7 nitrogen and oxygen atoms in total. The highest BCUT2D eigenvalue weighted by atomic mass is 32.2. The second-order valence-electron chi connectivity index (χ2n) is 7.60. The Morgan fingerprint density at radius 1 is 1.12 bits per heavy atom. The van der Waals surface area contributed by atoms with Crippen molar-refractivity contribution in [3.8, 4) is 11.3 Å². The van der Waals surface area contributed by atoms with E-state index in [2.05, 4.69) is 15.3 Å². The molecule has 0 radical (unpaired) electrons. The minimum absolute atomic E-state index is 0.187. The van der Waals surface area contributed by atoms with Gasteiger partial charge in [-0.25, -0.2) is 4.98 Å². The van der Waals surface area contributed by atoms with Crippen LogP contribution in [0.3, 0.4) is 0 Å². The lowest BCUT2D eigenvalue weighted by molar-refractivity contribution is -0.115. The number of benzene rings is 2. The number of nitrogens with two attached hydrogens (primary N) is 1. The number of rotatable bonds is 9. The van der Waals surface area contributed by atoms with Crippen molar-refractivity contribution in [2.24, 2.45) is 0 Å². The number of carbonyl (C=O) groups excluding carboxylic acids is 1. The van der Waals surface area contributed by atoms with Crippen molar-refractivity contribution in [3.05, 3.63) is 88.0 Å². The van der Waals surface area contributed by atoms with Crippen LogP contribution in [-0.4, -0.2) is 25.7 Å². The number of aryl methyl sites for hydroxylation is 1. The van der Waals surface area contributed by atoms with Gasteiger partial charge in [0.2, 0.25) is 5.91 Å². The van der Waals surface area contributed by atoms with Crippen molar-refractivity contribution in [2.45, 2.75) is 36.7 Å². The SMILES string of the molecule is CC[C@H](Sc1nc(=O)cc(N)n1CCc1ccccc1)C(=O)Nc1nc(-c2ccccc2)cs1. The number of hydrogen-bond acceptors (Lipinski definition) is 7. The molecule has 0 aliphatic carbocycles. The van der Waals surface area contributed by atoms with Crippen molar-refractivity contribution < 1.29 is 4.79 Å². The summed E-state index contributed by atoms with van der Waals surface area (Å²) in [5.74, 6) is 0.147. The topological polar surface area (TPSA) is 103 Å². The van der Waals surface area contributed by atoms with Crippen LogP contribution in [0.4, 0.5) is 10.9 Å². The third kappa shape index (κ3) is 5.92. The average Bonchev–Trinajstić information content (AvgIpc) is 3.31. The summed E-state index contributed by atoms with van der Waals surface area (Å²) in [7, 11) is 0. The summed E-state index contributed by atoms with van der Waals surface area (Å²) in [6.45, 7) is 2.48. The second-order valence-corrected chi connectivity index (χ2v) is 9.62. The maximum absolute atomic E-state index is 13.0. The smallest absolute Gasteiger partial charge is 0.275 e. The van der Waals surface area contributed by atoms with Crippen LogP contribution in [-0.2, 0) is 17.8 Å². The first-order valence-electron chi connectivity index (χ1n) is 10.9. The number of thioether (sulfide) groups is 1. The zero-order valence-electron chi connectivity index (χ0n) is 18.7. The maximum Gasteiger partial charge on any atom is 0.275 e. The van der Waals surface area contributed by atoms with Crippen molar-refractivity contribution in [1.82, 2.24) is 14.5 Å². The molecule has 3 N–H and O–H groups in total. The Morgan fingerprint density at radius 2 is 1.82 bits per heavy atom. The van der Waals surface area contributed by atoms with E-state index in [4.69, 9.17) is 5.73 Å². The van der Waals surface area contributed by atoms with Gasteiger partial charge >= 0.3 is 0 Å². The molecule has 0 saturated heterocycles. The average molecular weight is 492 g/mol. The Labute approximate surface area is 206 Å². The highest BCUT2D eigenvalue weighted by Gasteiger charge is 2.22.